The summed E-state index contributed by atoms with van der Waals surface area (Å²) in [4.78, 5) is 4.84. The van der Waals surface area contributed by atoms with E-state index < -0.39 is 10.8 Å². The second-order valence-electron chi connectivity index (χ2n) is 20.2. The average molecular weight is 939 g/mol. The Labute approximate surface area is 431 Å². The minimum absolute atomic E-state index is 0.604. The Balaban J connectivity index is 1.04. The molecule has 2 spiro atoms. The third-order valence-corrected chi connectivity index (χ3v) is 16.8. The average Bonchev–Trinajstić information content (AvgIpc) is 4.09. The number of benzene rings is 12. The Bertz CT molecular complexity index is 4080. The normalized spacial score (nSPS) is 13.9. The highest BCUT2D eigenvalue weighted by molar-refractivity contribution is 6.16. The van der Waals surface area contributed by atoms with Crippen molar-refractivity contribution in [2.45, 2.75) is 10.8 Å². The van der Waals surface area contributed by atoms with Crippen LogP contribution in [-0.2, 0) is 10.8 Å². The van der Waals surface area contributed by atoms with Gasteiger partial charge in [-0.25, -0.2) is 0 Å². The van der Waals surface area contributed by atoms with Gasteiger partial charge in [0.15, 0.2) is 0 Å². The first-order valence-electron chi connectivity index (χ1n) is 25.8. The Morgan fingerprint density at radius 2 is 0.541 bits per heavy atom. The van der Waals surface area contributed by atoms with Crippen molar-refractivity contribution < 1.29 is 0 Å². The maximum Gasteiger partial charge on any atom is 0.0726 e. The standard InChI is InChI=1S/C72H46N2/c1-5-22-47(23-6-1)73(48-24-7-2-8-25-48)51-40-42-57-60-46-68-69(59-34-21-39-65(70(59)60)71(66(57)44-51)61-35-17-13-30-53(61)54-31-14-18-36-62(54)71)58-43-41-52(74(49-26-9-3-10-27-49)50-28-11-4-12-29-50)45-67(58)72(68)63-37-19-15-32-55(63)56-33-16-20-38-64(56)72/h1-46H. The second kappa shape index (κ2) is 15.5. The molecule has 0 heterocycles. The van der Waals surface area contributed by atoms with Gasteiger partial charge in [0, 0.05) is 34.1 Å². The lowest BCUT2D eigenvalue weighted by Crippen LogP contribution is -2.32. The first kappa shape index (κ1) is 41.2. The van der Waals surface area contributed by atoms with Gasteiger partial charge in [0.2, 0.25) is 0 Å². The van der Waals surface area contributed by atoms with E-state index in [4.69, 9.17) is 0 Å². The van der Waals surface area contributed by atoms with Gasteiger partial charge in [-0.05, 0) is 179 Å². The second-order valence-corrected chi connectivity index (χ2v) is 20.2. The van der Waals surface area contributed by atoms with E-state index in [0.29, 0.717) is 0 Å². The summed E-state index contributed by atoms with van der Waals surface area (Å²) in [5, 5.41) is 2.61. The van der Waals surface area contributed by atoms with Crippen LogP contribution in [0.5, 0.6) is 0 Å². The molecule has 2 heteroatoms. The highest BCUT2D eigenvalue weighted by atomic mass is 15.1. The zero-order valence-corrected chi connectivity index (χ0v) is 40.5. The number of para-hydroxylation sites is 4. The number of rotatable bonds is 6. The van der Waals surface area contributed by atoms with Crippen LogP contribution in [0.2, 0.25) is 0 Å². The predicted octanol–water partition coefficient (Wildman–Crippen LogP) is 18.5. The van der Waals surface area contributed by atoms with Crippen molar-refractivity contribution in [2.24, 2.45) is 0 Å². The molecular weight excluding hydrogens is 893 g/mol. The molecule has 0 saturated carbocycles. The molecule has 0 aliphatic heterocycles. The third-order valence-electron chi connectivity index (χ3n) is 16.8. The van der Waals surface area contributed by atoms with E-state index in [-0.39, 0.29) is 0 Å². The van der Waals surface area contributed by atoms with Gasteiger partial charge in [0.1, 0.15) is 0 Å². The van der Waals surface area contributed by atoms with Gasteiger partial charge in [-0.1, -0.05) is 200 Å². The Morgan fingerprint density at radius 3 is 0.973 bits per heavy atom. The first-order chi connectivity index (χ1) is 36.7. The largest absolute Gasteiger partial charge is 0.310 e. The van der Waals surface area contributed by atoms with Crippen LogP contribution in [0, 0.1) is 0 Å². The molecule has 4 aliphatic carbocycles. The zero-order valence-electron chi connectivity index (χ0n) is 40.5. The van der Waals surface area contributed by atoms with Crippen LogP contribution in [-0.4, -0.2) is 0 Å². The van der Waals surface area contributed by atoms with Gasteiger partial charge < -0.3 is 9.80 Å². The summed E-state index contributed by atoms with van der Waals surface area (Å²) >= 11 is 0. The molecule has 16 rings (SSSR count). The molecule has 0 saturated heterocycles. The Hall–Kier alpha value is -9.50. The van der Waals surface area contributed by atoms with Gasteiger partial charge in [-0.2, -0.15) is 0 Å². The van der Waals surface area contributed by atoms with E-state index in [1.165, 1.54) is 99.8 Å². The molecule has 12 aromatic rings. The van der Waals surface area contributed by atoms with E-state index in [1.807, 2.05) is 0 Å². The monoisotopic (exact) mass is 938 g/mol. The van der Waals surface area contributed by atoms with Crippen LogP contribution in [0.3, 0.4) is 0 Å². The van der Waals surface area contributed by atoms with Crippen molar-refractivity contribution in [3.8, 4) is 44.5 Å². The van der Waals surface area contributed by atoms with Crippen molar-refractivity contribution in [2.75, 3.05) is 9.80 Å². The van der Waals surface area contributed by atoms with E-state index in [1.54, 1.807) is 0 Å². The van der Waals surface area contributed by atoms with Crippen LogP contribution in [0.15, 0.2) is 279 Å². The van der Waals surface area contributed by atoms with E-state index >= 15 is 0 Å². The molecule has 4 aliphatic rings. The summed E-state index contributed by atoms with van der Waals surface area (Å²) in [5.74, 6) is 0. The van der Waals surface area contributed by atoms with Gasteiger partial charge in [0.05, 0.1) is 10.8 Å². The molecule has 74 heavy (non-hydrogen) atoms. The molecule has 0 unspecified atom stereocenters. The minimum atomic E-state index is -0.611. The lowest BCUT2D eigenvalue weighted by atomic mass is 9.60. The Kier molecular flexibility index (Phi) is 8.62. The smallest absolute Gasteiger partial charge is 0.0726 e. The quantitative estimate of drug-likeness (QED) is 0.164. The molecule has 12 aromatic carbocycles. The van der Waals surface area contributed by atoms with Crippen molar-refractivity contribution in [1.29, 1.82) is 0 Å². The summed E-state index contributed by atoms with van der Waals surface area (Å²) in [5.41, 5.74) is 26.4. The maximum atomic E-state index is 2.64. The van der Waals surface area contributed by atoms with Crippen molar-refractivity contribution in [3.05, 3.63) is 324 Å². The number of hydrogen-bond acceptors (Lipinski definition) is 2. The molecule has 344 valence electrons. The van der Waals surface area contributed by atoms with Gasteiger partial charge in [0.25, 0.3) is 0 Å². The fourth-order valence-corrected chi connectivity index (χ4v) is 14.1. The molecule has 2 nitrogen and oxygen atoms in total. The summed E-state index contributed by atoms with van der Waals surface area (Å²) in [6, 6.07) is 105. The van der Waals surface area contributed by atoms with Crippen molar-refractivity contribution in [3.63, 3.8) is 0 Å². The van der Waals surface area contributed by atoms with Gasteiger partial charge in [-0.3, -0.25) is 0 Å². The topological polar surface area (TPSA) is 6.48 Å². The zero-order chi connectivity index (χ0) is 48.5. The lowest BCUT2D eigenvalue weighted by molar-refractivity contribution is 0.771. The SMILES string of the molecule is c1ccc(N(c2ccccc2)c2ccc3c(c2)C2(c4ccccc4-c4ccccc42)c2cc4c5c(cccc5c2-3)C2(c3ccccc3-c3ccccc32)c2cc(N(c3ccccc3)c3ccccc3)ccc2-4)cc1. The Morgan fingerprint density at radius 1 is 0.203 bits per heavy atom. The lowest BCUT2D eigenvalue weighted by Gasteiger charge is -2.41. The molecule has 0 atom stereocenters. The van der Waals surface area contributed by atoms with E-state index in [9.17, 15) is 0 Å². The summed E-state index contributed by atoms with van der Waals surface area (Å²) < 4.78 is 0. The number of fused-ring (bicyclic) bond motifs is 20. The molecule has 0 bridgehead atoms. The highest BCUT2D eigenvalue weighted by Gasteiger charge is 2.55. The number of nitrogens with zero attached hydrogens (tertiary/aromatic N) is 2. The van der Waals surface area contributed by atoms with Crippen molar-refractivity contribution in [1.82, 2.24) is 0 Å². The maximum absolute atomic E-state index is 2.64. The highest BCUT2D eigenvalue weighted by Crippen LogP contribution is 2.68. The molecule has 0 radical (unpaired) electrons. The van der Waals surface area contributed by atoms with Crippen LogP contribution >= 0.6 is 0 Å². The summed E-state index contributed by atoms with van der Waals surface area (Å²) in [6.45, 7) is 0. The number of hydrogen-bond donors (Lipinski definition) is 0. The predicted molar refractivity (Wildman–Crippen MR) is 306 cm³/mol. The van der Waals surface area contributed by atoms with Crippen LogP contribution < -0.4 is 9.80 Å². The molecule has 0 aromatic heterocycles. The fraction of sp³-hybridized carbons (Fsp3) is 0.0278. The first-order valence-corrected chi connectivity index (χ1v) is 25.8. The van der Waals surface area contributed by atoms with Crippen LogP contribution in [0.4, 0.5) is 34.1 Å². The third kappa shape index (κ3) is 5.33. The van der Waals surface area contributed by atoms with Gasteiger partial charge in [-0.15, -0.1) is 0 Å². The fourth-order valence-electron chi connectivity index (χ4n) is 14.1. The van der Waals surface area contributed by atoms with E-state index in [2.05, 4.69) is 289 Å². The summed E-state index contributed by atoms with van der Waals surface area (Å²) in [6.07, 6.45) is 0. The van der Waals surface area contributed by atoms with Crippen LogP contribution in [0.1, 0.15) is 44.5 Å². The van der Waals surface area contributed by atoms with Gasteiger partial charge >= 0.3 is 0 Å². The van der Waals surface area contributed by atoms with Crippen molar-refractivity contribution >= 4 is 44.9 Å². The van der Waals surface area contributed by atoms with Crippen LogP contribution in [0.25, 0.3) is 55.3 Å². The molecule has 0 amide bonds. The number of anilines is 6. The van der Waals surface area contributed by atoms with E-state index in [0.717, 1.165) is 34.1 Å². The minimum Gasteiger partial charge on any atom is -0.310 e. The molecular formula is C72H46N2. The molecule has 0 fully saturated rings. The summed E-state index contributed by atoms with van der Waals surface area (Å²) in [7, 11) is 0. The molecule has 0 N–H and O–H groups in total.